The van der Waals surface area contributed by atoms with Gasteiger partial charge in [0.2, 0.25) is 0 Å². The summed E-state index contributed by atoms with van der Waals surface area (Å²) >= 11 is 0. The monoisotopic (exact) mass is 615 g/mol. The summed E-state index contributed by atoms with van der Waals surface area (Å²) in [6, 6.07) is 31.8. The Hall–Kier alpha value is -4.67. The molecule has 2 aliphatic heterocycles. The van der Waals surface area contributed by atoms with E-state index in [4.69, 9.17) is 19.9 Å². The van der Waals surface area contributed by atoms with Crippen LogP contribution >= 0.6 is 0 Å². The summed E-state index contributed by atoms with van der Waals surface area (Å²) < 4.78 is 0. The minimum Gasteiger partial charge on any atom is -0.656 e. The quantitative estimate of drug-likeness (QED) is 0.200. The summed E-state index contributed by atoms with van der Waals surface area (Å²) in [6.07, 6.45) is 14.4. The van der Waals surface area contributed by atoms with Crippen molar-refractivity contribution in [2.24, 2.45) is 0 Å². The number of fused-ring (bicyclic) bond motifs is 8. The van der Waals surface area contributed by atoms with Crippen LogP contribution in [0.1, 0.15) is 54.9 Å². The Kier molecular flexibility index (Phi) is 7.76. The third kappa shape index (κ3) is 5.42. The number of aromatic nitrogens is 4. The van der Waals surface area contributed by atoms with Gasteiger partial charge in [0.15, 0.2) is 0 Å². The molecule has 44 heavy (non-hydrogen) atoms. The molecule has 8 rings (SSSR count). The first-order valence-electron chi connectivity index (χ1n) is 15.2. The van der Waals surface area contributed by atoms with Crippen LogP contribution in [0, 0.1) is 0 Å². The zero-order valence-electron chi connectivity index (χ0n) is 24.2. The Labute approximate surface area is 267 Å². The van der Waals surface area contributed by atoms with Crippen LogP contribution in [0.25, 0.3) is 68.6 Å². The van der Waals surface area contributed by atoms with Crippen LogP contribution in [-0.2, 0) is 16.5 Å². The van der Waals surface area contributed by atoms with Crippen molar-refractivity contribution in [1.29, 1.82) is 0 Å². The number of hydrogen-bond donors (Lipinski definition) is 1. The molecular weight excluding hydrogens is 585 g/mol. The van der Waals surface area contributed by atoms with Crippen LogP contribution in [0.5, 0.6) is 0 Å². The van der Waals surface area contributed by atoms with Crippen LogP contribution in [0.15, 0.2) is 91.0 Å². The van der Waals surface area contributed by atoms with Gasteiger partial charge in [0.25, 0.3) is 0 Å². The van der Waals surface area contributed by atoms with E-state index in [1.807, 2.05) is 18.2 Å². The molecule has 218 valence electrons. The molecule has 1 aliphatic carbocycles. The fourth-order valence-electron chi connectivity index (χ4n) is 6.42. The first-order valence-corrected chi connectivity index (χ1v) is 15.2. The van der Waals surface area contributed by atoms with Gasteiger partial charge >= 0.3 is 16.5 Å². The first-order chi connectivity index (χ1) is 21.3. The van der Waals surface area contributed by atoms with Gasteiger partial charge in [-0.2, -0.15) is 0 Å². The summed E-state index contributed by atoms with van der Waals surface area (Å²) in [4.78, 5) is 20.6. The average molecular weight is 616 g/mol. The normalized spacial score (nSPS) is 14.4. The molecule has 0 spiro atoms. The minimum atomic E-state index is 0. The summed E-state index contributed by atoms with van der Waals surface area (Å²) in [7, 11) is 0. The van der Waals surface area contributed by atoms with Gasteiger partial charge in [0.1, 0.15) is 0 Å². The molecule has 0 saturated heterocycles. The van der Waals surface area contributed by atoms with Crippen LogP contribution in [0.3, 0.4) is 0 Å². The van der Waals surface area contributed by atoms with Gasteiger partial charge in [-0.25, -0.2) is 9.97 Å². The van der Waals surface area contributed by atoms with E-state index in [-0.39, 0.29) is 16.5 Å². The van der Waals surface area contributed by atoms with Gasteiger partial charge in [-0.1, -0.05) is 104 Å². The number of hydrogen-bond acceptors (Lipinski definition) is 3. The van der Waals surface area contributed by atoms with Crippen molar-refractivity contribution in [2.75, 3.05) is 5.32 Å². The maximum Gasteiger partial charge on any atom is 2.00 e. The van der Waals surface area contributed by atoms with Crippen molar-refractivity contribution in [3.05, 3.63) is 114 Å². The van der Waals surface area contributed by atoms with Crippen molar-refractivity contribution < 1.29 is 16.5 Å². The Bertz CT molecular complexity index is 1900. The SMILES string of the molecule is C1=Cc2nc1cc1nc(c(-c3ccccc3)c3ccc([n-]3)c(NC3CCCCC3)c3ccc([n-]3)c2-c2ccccc2)C=C1.[Ni+2]. The van der Waals surface area contributed by atoms with Crippen LogP contribution < -0.4 is 15.3 Å². The number of anilines is 1. The minimum absolute atomic E-state index is 0. The molecule has 1 saturated carbocycles. The van der Waals surface area contributed by atoms with E-state index >= 15 is 0 Å². The number of benzene rings is 2. The van der Waals surface area contributed by atoms with Crippen molar-refractivity contribution in [3.63, 3.8) is 0 Å². The standard InChI is InChI=1S/C38H31N5.Ni/c1-4-10-25(11-5-1)36-30-18-16-28(39-30)24-29-17-19-31(40-29)37(26-12-6-2-7-13-26)33-21-23-35(43-33)38(34-22-20-32(36)42-34)41-27-14-8-3-9-15-27;/h1-2,4-7,10-13,16-24,27,41H,3,8-9,14-15H2;/q-2;+2. The molecule has 0 atom stereocenters. The van der Waals surface area contributed by atoms with E-state index in [1.54, 1.807) is 0 Å². The predicted molar refractivity (Wildman–Crippen MR) is 178 cm³/mol. The van der Waals surface area contributed by atoms with E-state index < -0.39 is 0 Å². The van der Waals surface area contributed by atoms with Gasteiger partial charge in [-0.3, -0.25) is 0 Å². The maximum absolute atomic E-state index is 5.25. The molecule has 5 nitrogen and oxygen atoms in total. The van der Waals surface area contributed by atoms with E-state index in [2.05, 4.69) is 102 Å². The van der Waals surface area contributed by atoms with Crippen molar-refractivity contribution in [2.45, 2.75) is 38.1 Å². The molecule has 0 radical (unpaired) electrons. The van der Waals surface area contributed by atoms with E-state index in [1.165, 1.54) is 19.3 Å². The summed E-state index contributed by atoms with van der Waals surface area (Å²) in [5, 5.41) is 3.90. The number of rotatable bonds is 4. The second-order valence-corrected chi connectivity index (χ2v) is 11.4. The Balaban J connectivity index is 0.00000312. The van der Waals surface area contributed by atoms with Gasteiger partial charge < -0.3 is 15.3 Å². The molecule has 6 heteroatoms. The van der Waals surface area contributed by atoms with Crippen LogP contribution in [0.2, 0.25) is 0 Å². The zero-order chi connectivity index (χ0) is 28.6. The third-order valence-electron chi connectivity index (χ3n) is 8.51. The van der Waals surface area contributed by atoms with Gasteiger partial charge in [-0.15, -0.1) is 22.1 Å². The molecular formula is C38H31N5Ni. The molecule has 0 amide bonds. The van der Waals surface area contributed by atoms with Gasteiger partial charge in [-0.05, 0) is 65.5 Å². The van der Waals surface area contributed by atoms with E-state index in [0.717, 1.165) is 85.6 Å². The van der Waals surface area contributed by atoms with Gasteiger partial charge in [0.05, 0.1) is 22.8 Å². The maximum atomic E-state index is 5.25. The largest absolute Gasteiger partial charge is 2.00 e. The van der Waals surface area contributed by atoms with E-state index in [9.17, 15) is 0 Å². The van der Waals surface area contributed by atoms with Crippen molar-refractivity contribution >= 4 is 52.1 Å². The van der Waals surface area contributed by atoms with Crippen molar-refractivity contribution in [3.8, 4) is 22.3 Å². The molecule has 8 bridgehead atoms. The molecule has 0 unspecified atom stereocenters. The Morgan fingerprint density at radius 1 is 0.545 bits per heavy atom. The number of nitrogens with one attached hydrogen (secondary N) is 1. The van der Waals surface area contributed by atoms with E-state index in [0.29, 0.717) is 6.04 Å². The fourth-order valence-corrected chi connectivity index (χ4v) is 6.42. The number of nitrogens with zero attached hydrogens (tertiary/aromatic N) is 4. The smallest absolute Gasteiger partial charge is 0.656 e. The summed E-state index contributed by atoms with van der Waals surface area (Å²) in [5.41, 5.74) is 12.3. The predicted octanol–water partition coefficient (Wildman–Crippen LogP) is 8.99. The fraction of sp³-hybridized carbons (Fsp3) is 0.158. The topological polar surface area (TPSA) is 66.0 Å². The molecule has 2 aromatic carbocycles. The molecule has 1 fully saturated rings. The first kappa shape index (κ1) is 28.1. The molecule has 3 aliphatic rings. The Morgan fingerprint density at radius 3 is 1.52 bits per heavy atom. The summed E-state index contributed by atoms with van der Waals surface area (Å²) in [5.74, 6) is 0. The average Bonchev–Trinajstić information content (AvgIpc) is 3.88. The summed E-state index contributed by atoms with van der Waals surface area (Å²) in [6.45, 7) is 0. The van der Waals surface area contributed by atoms with Crippen LogP contribution in [0.4, 0.5) is 5.69 Å². The zero-order valence-corrected chi connectivity index (χ0v) is 25.2. The Morgan fingerprint density at radius 2 is 1.02 bits per heavy atom. The van der Waals surface area contributed by atoms with Gasteiger partial charge in [0, 0.05) is 11.7 Å². The molecule has 3 aromatic heterocycles. The second-order valence-electron chi connectivity index (χ2n) is 11.4. The van der Waals surface area contributed by atoms with Crippen LogP contribution in [-0.4, -0.2) is 16.0 Å². The molecule has 5 aromatic rings. The third-order valence-corrected chi connectivity index (χ3v) is 8.51. The van der Waals surface area contributed by atoms with Crippen molar-refractivity contribution in [1.82, 2.24) is 19.9 Å². The molecule has 1 N–H and O–H groups in total. The molecule has 5 heterocycles. The second kappa shape index (κ2) is 12.1.